The predicted molar refractivity (Wildman–Crippen MR) is 41.9 cm³/mol. The molecule has 12 heavy (non-hydrogen) atoms. The predicted octanol–water partition coefficient (Wildman–Crippen LogP) is 0.609. The van der Waals surface area contributed by atoms with Gasteiger partial charge in [0.25, 0.3) is 5.89 Å². The minimum Gasteiger partial charge on any atom is -0.442 e. The SMILES string of the molecule is O=C(c1ncco1)C1CCCN1. The molecule has 0 amide bonds. The van der Waals surface area contributed by atoms with Crippen molar-refractivity contribution in [2.45, 2.75) is 18.9 Å². The van der Waals surface area contributed by atoms with E-state index in [-0.39, 0.29) is 17.7 Å². The fourth-order valence-corrected chi connectivity index (χ4v) is 1.40. The normalized spacial score (nSPS) is 22.8. The summed E-state index contributed by atoms with van der Waals surface area (Å²) in [4.78, 5) is 15.3. The fourth-order valence-electron chi connectivity index (χ4n) is 1.40. The molecular formula is C8H10N2O2. The van der Waals surface area contributed by atoms with E-state index in [0.717, 1.165) is 19.4 Å². The Hall–Kier alpha value is -1.16. The van der Waals surface area contributed by atoms with Crippen molar-refractivity contribution < 1.29 is 9.21 Å². The number of ketones is 1. The number of nitrogens with one attached hydrogen (secondary N) is 1. The summed E-state index contributed by atoms with van der Waals surface area (Å²) >= 11 is 0. The number of hydrogen-bond donors (Lipinski definition) is 1. The molecule has 4 nitrogen and oxygen atoms in total. The Balaban J connectivity index is 2.09. The second-order valence-electron chi connectivity index (χ2n) is 2.85. The van der Waals surface area contributed by atoms with Crippen LogP contribution in [0.4, 0.5) is 0 Å². The van der Waals surface area contributed by atoms with Gasteiger partial charge >= 0.3 is 0 Å². The first kappa shape index (κ1) is 7.49. The number of Topliss-reactive ketones (excluding diaryl/α,β-unsaturated/α-hetero) is 1. The molecule has 0 bridgehead atoms. The minimum absolute atomic E-state index is 0.0301. The molecule has 0 radical (unpaired) electrons. The molecule has 0 aliphatic carbocycles. The largest absolute Gasteiger partial charge is 0.442 e. The van der Waals surface area contributed by atoms with Gasteiger partial charge in [-0.1, -0.05) is 0 Å². The average molecular weight is 166 g/mol. The van der Waals surface area contributed by atoms with Crippen LogP contribution in [0, 0.1) is 0 Å². The summed E-state index contributed by atoms with van der Waals surface area (Å²) in [6, 6.07) is -0.0800. The van der Waals surface area contributed by atoms with Crippen molar-refractivity contribution in [3.8, 4) is 0 Å². The van der Waals surface area contributed by atoms with Gasteiger partial charge in [-0.2, -0.15) is 0 Å². The molecule has 1 N–H and O–H groups in total. The van der Waals surface area contributed by atoms with Crippen molar-refractivity contribution in [1.82, 2.24) is 10.3 Å². The van der Waals surface area contributed by atoms with Crippen molar-refractivity contribution in [2.75, 3.05) is 6.54 Å². The van der Waals surface area contributed by atoms with Crippen LogP contribution in [-0.4, -0.2) is 23.4 Å². The Bertz CT molecular complexity index is 263. The van der Waals surface area contributed by atoms with Gasteiger partial charge in [0.05, 0.1) is 12.2 Å². The van der Waals surface area contributed by atoms with Gasteiger partial charge in [-0.15, -0.1) is 0 Å². The third-order valence-corrected chi connectivity index (χ3v) is 2.02. The van der Waals surface area contributed by atoms with Crippen LogP contribution in [0.2, 0.25) is 0 Å². The van der Waals surface area contributed by atoms with Crippen LogP contribution in [-0.2, 0) is 0 Å². The van der Waals surface area contributed by atoms with Crippen LogP contribution >= 0.6 is 0 Å². The van der Waals surface area contributed by atoms with E-state index < -0.39 is 0 Å². The number of aromatic nitrogens is 1. The number of carbonyl (C=O) groups excluding carboxylic acids is 1. The van der Waals surface area contributed by atoms with Crippen molar-refractivity contribution in [1.29, 1.82) is 0 Å². The van der Waals surface area contributed by atoms with Gasteiger partial charge in [0.15, 0.2) is 0 Å². The summed E-state index contributed by atoms with van der Waals surface area (Å²) in [6.07, 6.45) is 4.85. The highest BCUT2D eigenvalue weighted by Gasteiger charge is 2.25. The molecule has 1 saturated heterocycles. The van der Waals surface area contributed by atoms with Crippen LogP contribution in [0.3, 0.4) is 0 Å². The Labute approximate surface area is 70.0 Å². The quantitative estimate of drug-likeness (QED) is 0.654. The first-order valence-electron chi connectivity index (χ1n) is 4.05. The molecular weight excluding hydrogens is 156 g/mol. The minimum atomic E-state index is -0.0800. The molecule has 1 unspecified atom stereocenters. The topological polar surface area (TPSA) is 55.1 Å². The maximum atomic E-state index is 11.5. The highest BCUT2D eigenvalue weighted by molar-refractivity contribution is 5.96. The summed E-state index contributed by atoms with van der Waals surface area (Å²) in [6.45, 7) is 0.914. The molecule has 2 rings (SSSR count). The second-order valence-corrected chi connectivity index (χ2v) is 2.85. The van der Waals surface area contributed by atoms with Crippen molar-refractivity contribution in [3.63, 3.8) is 0 Å². The van der Waals surface area contributed by atoms with Crippen molar-refractivity contribution >= 4 is 5.78 Å². The Morgan fingerprint density at radius 2 is 2.67 bits per heavy atom. The summed E-state index contributed by atoms with van der Waals surface area (Å²) in [5, 5.41) is 3.10. The summed E-state index contributed by atoms with van der Waals surface area (Å²) in [7, 11) is 0. The van der Waals surface area contributed by atoms with Crippen molar-refractivity contribution in [2.24, 2.45) is 0 Å². The van der Waals surface area contributed by atoms with Crippen LogP contribution in [0.1, 0.15) is 23.5 Å². The fraction of sp³-hybridized carbons (Fsp3) is 0.500. The third-order valence-electron chi connectivity index (χ3n) is 2.02. The molecule has 1 aromatic heterocycles. The molecule has 4 heteroatoms. The number of carbonyl (C=O) groups is 1. The maximum absolute atomic E-state index is 11.5. The lowest BCUT2D eigenvalue weighted by Gasteiger charge is -2.03. The summed E-state index contributed by atoms with van der Waals surface area (Å²) in [5.74, 6) is 0.187. The molecule has 0 saturated carbocycles. The smallest absolute Gasteiger partial charge is 0.264 e. The molecule has 1 fully saturated rings. The monoisotopic (exact) mass is 166 g/mol. The summed E-state index contributed by atoms with van der Waals surface area (Å²) < 4.78 is 4.91. The van der Waals surface area contributed by atoms with Gasteiger partial charge in [-0.3, -0.25) is 4.79 Å². The van der Waals surface area contributed by atoms with Crippen LogP contribution < -0.4 is 5.32 Å². The maximum Gasteiger partial charge on any atom is 0.264 e. The van der Waals surface area contributed by atoms with Gasteiger partial charge in [-0.25, -0.2) is 4.98 Å². The van der Waals surface area contributed by atoms with Gasteiger partial charge in [0, 0.05) is 0 Å². The second kappa shape index (κ2) is 3.06. The molecule has 64 valence electrons. The number of hydrogen-bond acceptors (Lipinski definition) is 4. The molecule has 1 aliphatic heterocycles. The first-order valence-corrected chi connectivity index (χ1v) is 4.05. The van der Waals surface area contributed by atoms with Gasteiger partial charge < -0.3 is 9.73 Å². The van der Waals surface area contributed by atoms with E-state index in [1.807, 2.05) is 0 Å². The molecule has 1 aliphatic rings. The van der Waals surface area contributed by atoms with Crippen LogP contribution in [0.5, 0.6) is 0 Å². The highest BCUT2D eigenvalue weighted by atomic mass is 16.3. The Morgan fingerprint density at radius 1 is 1.75 bits per heavy atom. The molecule has 2 heterocycles. The highest BCUT2D eigenvalue weighted by Crippen LogP contribution is 2.10. The molecule has 1 atom stereocenters. The standard InChI is InChI=1S/C8H10N2O2/c11-7(6-2-1-3-9-6)8-10-4-5-12-8/h4-6,9H,1-3H2. The van der Waals surface area contributed by atoms with E-state index in [4.69, 9.17) is 4.42 Å². The van der Waals surface area contributed by atoms with E-state index in [0.29, 0.717) is 0 Å². The zero-order chi connectivity index (χ0) is 8.39. The zero-order valence-corrected chi connectivity index (χ0v) is 6.62. The lowest BCUT2D eigenvalue weighted by atomic mass is 10.1. The number of oxazole rings is 1. The third kappa shape index (κ3) is 1.25. The van der Waals surface area contributed by atoms with E-state index in [1.165, 1.54) is 12.5 Å². The first-order chi connectivity index (χ1) is 5.88. The van der Waals surface area contributed by atoms with E-state index >= 15 is 0 Å². The van der Waals surface area contributed by atoms with E-state index in [1.54, 1.807) is 0 Å². The van der Waals surface area contributed by atoms with Gasteiger partial charge in [0.2, 0.25) is 5.78 Å². The molecule has 1 aromatic rings. The van der Waals surface area contributed by atoms with Crippen molar-refractivity contribution in [3.05, 3.63) is 18.4 Å². The number of rotatable bonds is 2. The van der Waals surface area contributed by atoms with Gasteiger partial charge in [0.1, 0.15) is 6.26 Å². The lowest BCUT2D eigenvalue weighted by molar-refractivity contribution is 0.0918. The lowest BCUT2D eigenvalue weighted by Crippen LogP contribution is -2.30. The average Bonchev–Trinajstić information content (AvgIpc) is 2.77. The van der Waals surface area contributed by atoms with Gasteiger partial charge in [-0.05, 0) is 19.4 Å². The Kier molecular flexibility index (Phi) is 1.91. The van der Waals surface area contributed by atoms with Crippen LogP contribution in [0.25, 0.3) is 0 Å². The van der Waals surface area contributed by atoms with E-state index in [9.17, 15) is 4.79 Å². The van der Waals surface area contributed by atoms with Crippen LogP contribution in [0.15, 0.2) is 16.9 Å². The Morgan fingerprint density at radius 3 is 3.25 bits per heavy atom. The molecule has 0 spiro atoms. The summed E-state index contributed by atoms with van der Waals surface area (Å²) in [5.41, 5.74) is 0. The van der Waals surface area contributed by atoms with E-state index in [2.05, 4.69) is 10.3 Å². The zero-order valence-electron chi connectivity index (χ0n) is 6.62. The number of nitrogens with zero attached hydrogens (tertiary/aromatic N) is 1. The molecule has 0 aromatic carbocycles.